The Morgan fingerprint density at radius 1 is 1.08 bits per heavy atom. The average Bonchev–Trinajstić information content (AvgIpc) is 2.65. The van der Waals surface area contributed by atoms with E-state index in [-0.39, 0.29) is 23.3 Å². The smallest absolute Gasteiger partial charge is 0.338 e. The normalized spacial score (nSPS) is 17.8. The van der Waals surface area contributed by atoms with E-state index in [0.29, 0.717) is 26.2 Å². The zero-order valence-corrected chi connectivity index (χ0v) is 14.9. The first-order valence-corrected chi connectivity index (χ1v) is 8.66. The summed E-state index contributed by atoms with van der Waals surface area (Å²) in [6.45, 7) is 5.30. The Balaban J connectivity index is 1.95. The standard InChI is InChI=1S/C18H24F3N3O2/c1-3-12(2)15(22)17(26)24-10-8-23(9-11-24)16(25)13-4-6-14(7-5-13)18(19,20)21/h4-7,12,15H,3,8-11,22H2,1-2H3. The summed E-state index contributed by atoms with van der Waals surface area (Å²) >= 11 is 0. The lowest BCUT2D eigenvalue weighted by atomic mass is 9.98. The lowest BCUT2D eigenvalue weighted by molar-refractivity contribution is -0.137. The summed E-state index contributed by atoms with van der Waals surface area (Å²) in [5.41, 5.74) is 5.39. The molecule has 1 aliphatic rings. The largest absolute Gasteiger partial charge is 0.416 e. The third-order valence-electron chi connectivity index (χ3n) is 4.88. The van der Waals surface area contributed by atoms with Crippen molar-refractivity contribution < 1.29 is 22.8 Å². The molecule has 1 aliphatic heterocycles. The van der Waals surface area contributed by atoms with Gasteiger partial charge in [0.15, 0.2) is 0 Å². The van der Waals surface area contributed by atoms with E-state index in [1.54, 1.807) is 9.80 Å². The Bertz CT molecular complexity index is 638. The van der Waals surface area contributed by atoms with Crippen LogP contribution in [0.4, 0.5) is 13.2 Å². The molecule has 0 aromatic heterocycles. The third-order valence-corrected chi connectivity index (χ3v) is 4.88. The highest BCUT2D eigenvalue weighted by molar-refractivity contribution is 5.94. The van der Waals surface area contributed by atoms with Crippen LogP contribution in [0.1, 0.15) is 36.2 Å². The zero-order chi connectivity index (χ0) is 19.5. The highest BCUT2D eigenvalue weighted by Gasteiger charge is 2.32. The minimum Gasteiger partial charge on any atom is -0.338 e. The summed E-state index contributed by atoms with van der Waals surface area (Å²) < 4.78 is 37.8. The quantitative estimate of drug-likeness (QED) is 0.884. The number of benzene rings is 1. The number of alkyl halides is 3. The predicted molar refractivity (Wildman–Crippen MR) is 91.4 cm³/mol. The number of halogens is 3. The lowest BCUT2D eigenvalue weighted by Gasteiger charge is -2.36. The minimum atomic E-state index is -4.43. The predicted octanol–water partition coefficient (Wildman–Crippen LogP) is 2.36. The number of hydrogen-bond donors (Lipinski definition) is 1. The zero-order valence-electron chi connectivity index (χ0n) is 14.9. The van der Waals surface area contributed by atoms with Gasteiger partial charge in [-0.3, -0.25) is 9.59 Å². The Morgan fingerprint density at radius 2 is 1.58 bits per heavy atom. The average molecular weight is 371 g/mol. The van der Waals surface area contributed by atoms with E-state index in [0.717, 1.165) is 18.6 Å². The second kappa shape index (κ2) is 8.07. The molecule has 0 spiro atoms. The molecule has 5 nitrogen and oxygen atoms in total. The van der Waals surface area contributed by atoms with Crippen LogP contribution >= 0.6 is 0 Å². The second-order valence-electron chi connectivity index (χ2n) is 6.60. The van der Waals surface area contributed by atoms with Gasteiger partial charge in [-0.1, -0.05) is 20.3 Å². The van der Waals surface area contributed by atoms with Crippen molar-refractivity contribution in [3.63, 3.8) is 0 Å². The monoisotopic (exact) mass is 371 g/mol. The molecule has 8 heteroatoms. The van der Waals surface area contributed by atoms with E-state index in [1.807, 2.05) is 13.8 Å². The highest BCUT2D eigenvalue weighted by atomic mass is 19.4. The van der Waals surface area contributed by atoms with E-state index < -0.39 is 17.8 Å². The molecule has 2 amide bonds. The van der Waals surface area contributed by atoms with Gasteiger partial charge in [-0.2, -0.15) is 13.2 Å². The first-order chi connectivity index (χ1) is 12.1. The van der Waals surface area contributed by atoms with Gasteiger partial charge >= 0.3 is 6.18 Å². The van der Waals surface area contributed by atoms with E-state index in [1.165, 1.54) is 12.1 Å². The van der Waals surface area contributed by atoms with Crippen molar-refractivity contribution in [2.45, 2.75) is 32.5 Å². The molecule has 0 saturated carbocycles. The maximum absolute atomic E-state index is 12.6. The second-order valence-corrected chi connectivity index (χ2v) is 6.60. The molecule has 144 valence electrons. The number of hydrogen-bond acceptors (Lipinski definition) is 3. The van der Waals surface area contributed by atoms with Crippen molar-refractivity contribution in [1.29, 1.82) is 0 Å². The summed E-state index contributed by atoms with van der Waals surface area (Å²) in [7, 11) is 0. The topological polar surface area (TPSA) is 66.6 Å². The molecule has 2 rings (SSSR count). The van der Waals surface area contributed by atoms with Crippen LogP contribution in [-0.4, -0.2) is 53.8 Å². The van der Waals surface area contributed by atoms with Gasteiger partial charge in [-0.05, 0) is 30.2 Å². The van der Waals surface area contributed by atoms with Gasteiger partial charge in [0.1, 0.15) is 0 Å². The molecule has 0 bridgehead atoms. The van der Waals surface area contributed by atoms with Gasteiger partial charge in [0.05, 0.1) is 11.6 Å². The SMILES string of the molecule is CCC(C)C(N)C(=O)N1CCN(C(=O)c2ccc(C(F)(F)F)cc2)CC1. The van der Waals surface area contributed by atoms with Crippen molar-refractivity contribution >= 4 is 11.8 Å². The molecular formula is C18H24F3N3O2. The van der Waals surface area contributed by atoms with E-state index in [9.17, 15) is 22.8 Å². The molecule has 0 radical (unpaired) electrons. The van der Waals surface area contributed by atoms with Crippen LogP contribution in [0.2, 0.25) is 0 Å². The van der Waals surface area contributed by atoms with Crippen LogP contribution in [0.3, 0.4) is 0 Å². The fraction of sp³-hybridized carbons (Fsp3) is 0.556. The van der Waals surface area contributed by atoms with Crippen molar-refractivity contribution in [2.24, 2.45) is 11.7 Å². The molecule has 1 fully saturated rings. The Morgan fingerprint density at radius 3 is 2.04 bits per heavy atom. The van der Waals surface area contributed by atoms with Gasteiger partial charge in [0.2, 0.25) is 5.91 Å². The fourth-order valence-electron chi connectivity index (χ4n) is 2.82. The van der Waals surface area contributed by atoms with E-state index in [4.69, 9.17) is 5.73 Å². The number of carbonyl (C=O) groups is 2. The molecule has 1 aromatic carbocycles. The van der Waals surface area contributed by atoms with Gasteiger partial charge < -0.3 is 15.5 Å². The minimum absolute atomic E-state index is 0.0781. The van der Waals surface area contributed by atoms with Crippen LogP contribution in [0.25, 0.3) is 0 Å². The molecule has 1 saturated heterocycles. The van der Waals surface area contributed by atoms with Crippen LogP contribution in [0.15, 0.2) is 24.3 Å². The maximum atomic E-state index is 12.6. The lowest BCUT2D eigenvalue weighted by Crippen LogP contribution is -2.55. The van der Waals surface area contributed by atoms with Gasteiger partial charge in [-0.25, -0.2) is 0 Å². The van der Waals surface area contributed by atoms with Crippen LogP contribution in [-0.2, 0) is 11.0 Å². The fourth-order valence-corrected chi connectivity index (χ4v) is 2.82. The molecular weight excluding hydrogens is 347 g/mol. The molecule has 2 atom stereocenters. The van der Waals surface area contributed by atoms with Crippen LogP contribution in [0.5, 0.6) is 0 Å². The number of piperazine rings is 1. The Labute approximate surface area is 150 Å². The number of amides is 2. The van der Waals surface area contributed by atoms with Gasteiger partial charge in [0, 0.05) is 31.7 Å². The van der Waals surface area contributed by atoms with Crippen LogP contribution < -0.4 is 5.73 Å². The van der Waals surface area contributed by atoms with Crippen molar-refractivity contribution in [3.05, 3.63) is 35.4 Å². The van der Waals surface area contributed by atoms with Crippen molar-refractivity contribution in [2.75, 3.05) is 26.2 Å². The number of carbonyl (C=O) groups excluding carboxylic acids is 2. The molecule has 1 aromatic rings. The first kappa shape index (κ1) is 20.2. The van der Waals surface area contributed by atoms with E-state index >= 15 is 0 Å². The summed E-state index contributed by atoms with van der Waals surface area (Å²) in [6, 6.07) is 3.61. The first-order valence-electron chi connectivity index (χ1n) is 8.66. The summed E-state index contributed by atoms with van der Waals surface area (Å²) in [4.78, 5) is 28.0. The number of nitrogens with zero attached hydrogens (tertiary/aromatic N) is 2. The highest BCUT2D eigenvalue weighted by Crippen LogP contribution is 2.29. The Kier molecular flexibility index (Phi) is 6.28. The molecule has 0 aliphatic carbocycles. The van der Waals surface area contributed by atoms with E-state index in [2.05, 4.69) is 0 Å². The molecule has 2 N–H and O–H groups in total. The van der Waals surface area contributed by atoms with Crippen molar-refractivity contribution in [3.8, 4) is 0 Å². The van der Waals surface area contributed by atoms with Gasteiger partial charge in [-0.15, -0.1) is 0 Å². The van der Waals surface area contributed by atoms with Gasteiger partial charge in [0.25, 0.3) is 5.91 Å². The number of nitrogens with two attached hydrogens (primary N) is 1. The number of rotatable bonds is 4. The molecule has 1 heterocycles. The van der Waals surface area contributed by atoms with Crippen LogP contribution in [0, 0.1) is 5.92 Å². The molecule has 2 unspecified atom stereocenters. The summed E-state index contributed by atoms with van der Waals surface area (Å²) in [6.07, 6.45) is -3.62. The Hall–Kier alpha value is -2.09. The third kappa shape index (κ3) is 4.55. The molecule has 26 heavy (non-hydrogen) atoms. The summed E-state index contributed by atoms with van der Waals surface area (Å²) in [5.74, 6) is -0.382. The van der Waals surface area contributed by atoms with Crippen molar-refractivity contribution in [1.82, 2.24) is 9.80 Å². The maximum Gasteiger partial charge on any atom is 0.416 e. The summed E-state index contributed by atoms with van der Waals surface area (Å²) in [5, 5.41) is 0.